The van der Waals surface area contributed by atoms with Gasteiger partial charge in [-0.1, -0.05) is 18.2 Å². The predicted octanol–water partition coefficient (Wildman–Crippen LogP) is 3.22. The molecule has 3 aromatic rings. The summed E-state index contributed by atoms with van der Waals surface area (Å²) in [5, 5.41) is 0. The number of para-hydroxylation sites is 1. The average molecular weight is 376 g/mol. The van der Waals surface area contributed by atoms with Crippen LogP contribution in [0, 0.1) is 0 Å². The van der Waals surface area contributed by atoms with Crippen LogP contribution in [0.4, 0.5) is 0 Å². The first-order chi connectivity index (χ1) is 13.7. The molecule has 0 spiro atoms. The largest absolute Gasteiger partial charge is 0.496 e. The molecule has 1 aliphatic rings. The number of nitrogens with zero attached hydrogens (tertiary/aromatic N) is 3. The molecule has 1 N–H and O–H groups in total. The Bertz CT molecular complexity index is 987. The van der Waals surface area contributed by atoms with Gasteiger partial charge < -0.3 is 9.72 Å². The molecule has 0 amide bonds. The molecule has 1 unspecified atom stereocenters. The third-order valence-electron chi connectivity index (χ3n) is 5.21. The topological polar surface area (TPSA) is 71.1 Å². The number of methoxy groups -OCH3 is 1. The number of hydrogen-bond donors (Lipinski definition) is 1. The van der Waals surface area contributed by atoms with E-state index in [0.717, 1.165) is 49.6 Å². The molecular weight excluding hydrogens is 352 g/mol. The van der Waals surface area contributed by atoms with E-state index in [1.54, 1.807) is 25.6 Å². The van der Waals surface area contributed by atoms with E-state index in [1.165, 1.54) is 5.56 Å². The molecule has 0 aliphatic carbocycles. The quantitative estimate of drug-likeness (QED) is 0.740. The molecule has 0 saturated carbocycles. The van der Waals surface area contributed by atoms with Crippen molar-refractivity contribution in [1.29, 1.82) is 0 Å². The van der Waals surface area contributed by atoms with Gasteiger partial charge in [-0.25, -0.2) is 4.98 Å². The second kappa shape index (κ2) is 8.35. The van der Waals surface area contributed by atoms with E-state index in [9.17, 15) is 4.79 Å². The average Bonchev–Trinajstić information content (AvgIpc) is 2.74. The van der Waals surface area contributed by atoms with Gasteiger partial charge in [0.1, 0.15) is 11.6 Å². The van der Waals surface area contributed by atoms with E-state index in [0.29, 0.717) is 5.69 Å². The number of piperidine rings is 1. The van der Waals surface area contributed by atoms with Crippen LogP contribution in [0.2, 0.25) is 0 Å². The molecule has 1 atom stereocenters. The van der Waals surface area contributed by atoms with Gasteiger partial charge in [0.05, 0.1) is 12.8 Å². The van der Waals surface area contributed by atoms with Crippen molar-refractivity contribution >= 4 is 0 Å². The first-order valence-corrected chi connectivity index (χ1v) is 9.59. The van der Waals surface area contributed by atoms with E-state index >= 15 is 0 Å². The maximum atomic E-state index is 12.2. The summed E-state index contributed by atoms with van der Waals surface area (Å²) >= 11 is 0. The molecule has 4 rings (SSSR count). The number of nitrogens with one attached hydrogen (secondary N) is 1. The molecule has 1 saturated heterocycles. The minimum Gasteiger partial charge on any atom is -0.496 e. The van der Waals surface area contributed by atoms with Crippen molar-refractivity contribution < 1.29 is 4.74 Å². The van der Waals surface area contributed by atoms with E-state index in [1.807, 2.05) is 30.3 Å². The van der Waals surface area contributed by atoms with Crippen LogP contribution in [-0.2, 0) is 6.54 Å². The van der Waals surface area contributed by atoms with E-state index < -0.39 is 0 Å². The van der Waals surface area contributed by atoms with Crippen molar-refractivity contribution in [2.45, 2.75) is 25.3 Å². The Kier molecular flexibility index (Phi) is 5.48. The summed E-state index contributed by atoms with van der Waals surface area (Å²) in [6, 6.07) is 13.4. The Morgan fingerprint density at radius 3 is 2.86 bits per heavy atom. The third kappa shape index (κ3) is 4.12. The molecule has 28 heavy (non-hydrogen) atoms. The summed E-state index contributed by atoms with van der Waals surface area (Å²) in [5.41, 5.74) is 2.67. The van der Waals surface area contributed by atoms with Crippen LogP contribution < -0.4 is 10.3 Å². The number of pyridine rings is 1. The number of aromatic amines is 1. The Morgan fingerprint density at radius 2 is 2.04 bits per heavy atom. The SMILES string of the molecule is COc1ccccc1CN1CCCC(c2nc(-c3ccncc3)cc(=O)[nH]2)C1. The molecule has 0 bridgehead atoms. The molecular formula is C22H24N4O2. The highest BCUT2D eigenvalue weighted by molar-refractivity contribution is 5.57. The first kappa shape index (κ1) is 18.4. The lowest BCUT2D eigenvalue weighted by Crippen LogP contribution is -2.35. The smallest absolute Gasteiger partial charge is 0.251 e. The number of H-pyrrole nitrogens is 1. The zero-order chi connectivity index (χ0) is 19.3. The van der Waals surface area contributed by atoms with E-state index in [4.69, 9.17) is 9.72 Å². The highest BCUT2D eigenvalue weighted by Gasteiger charge is 2.24. The lowest BCUT2D eigenvalue weighted by molar-refractivity contribution is 0.194. The van der Waals surface area contributed by atoms with Crippen LogP contribution in [0.25, 0.3) is 11.3 Å². The summed E-state index contributed by atoms with van der Waals surface area (Å²) in [7, 11) is 1.71. The fourth-order valence-electron chi connectivity index (χ4n) is 3.84. The highest BCUT2D eigenvalue weighted by Crippen LogP contribution is 2.28. The van der Waals surface area contributed by atoms with Gasteiger partial charge in [-0.2, -0.15) is 0 Å². The summed E-state index contributed by atoms with van der Waals surface area (Å²) in [4.78, 5) is 26.4. The number of aromatic nitrogens is 3. The van der Waals surface area contributed by atoms with Crippen LogP contribution >= 0.6 is 0 Å². The van der Waals surface area contributed by atoms with Crippen LogP contribution in [0.15, 0.2) is 59.7 Å². The number of hydrogen-bond acceptors (Lipinski definition) is 5. The van der Waals surface area contributed by atoms with Crippen LogP contribution in [0.5, 0.6) is 5.75 Å². The van der Waals surface area contributed by atoms with Crippen LogP contribution in [-0.4, -0.2) is 40.1 Å². The van der Waals surface area contributed by atoms with Gasteiger partial charge >= 0.3 is 0 Å². The summed E-state index contributed by atoms with van der Waals surface area (Å²) in [6.45, 7) is 2.72. The van der Waals surface area contributed by atoms with Crippen molar-refractivity contribution in [3.63, 3.8) is 0 Å². The molecule has 1 aliphatic heterocycles. The highest BCUT2D eigenvalue weighted by atomic mass is 16.5. The van der Waals surface area contributed by atoms with Gasteiger partial charge in [-0.05, 0) is 37.6 Å². The summed E-state index contributed by atoms with van der Waals surface area (Å²) in [5.74, 6) is 1.89. The maximum Gasteiger partial charge on any atom is 0.251 e. The van der Waals surface area contributed by atoms with Crippen molar-refractivity contribution in [2.75, 3.05) is 20.2 Å². The molecule has 2 aromatic heterocycles. The van der Waals surface area contributed by atoms with Crippen LogP contribution in [0.1, 0.15) is 30.1 Å². The fraction of sp³-hybridized carbons (Fsp3) is 0.318. The first-order valence-electron chi connectivity index (χ1n) is 9.59. The lowest BCUT2D eigenvalue weighted by Gasteiger charge is -2.32. The third-order valence-corrected chi connectivity index (χ3v) is 5.21. The number of likely N-dealkylation sites (tertiary alicyclic amines) is 1. The van der Waals surface area contributed by atoms with Gasteiger partial charge in [0.15, 0.2) is 0 Å². The number of rotatable bonds is 5. The predicted molar refractivity (Wildman–Crippen MR) is 108 cm³/mol. The van der Waals surface area contributed by atoms with E-state index in [2.05, 4.69) is 20.9 Å². The Balaban J connectivity index is 1.55. The summed E-state index contributed by atoms with van der Waals surface area (Å²) in [6.07, 6.45) is 5.52. The van der Waals surface area contributed by atoms with E-state index in [-0.39, 0.29) is 11.5 Å². The fourth-order valence-corrected chi connectivity index (χ4v) is 3.84. The molecule has 0 radical (unpaired) electrons. The van der Waals surface area contributed by atoms with Crippen molar-refractivity contribution in [3.05, 3.63) is 76.6 Å². The molecule has 1 aromatic carbocycles. The van der Waals surface area contributed by atoms with Crippen molar-refractivity contribution in [3.8, 4) is 17.0 Å². The van der Waals surface area contributed by atoms with Crippen molar-refractivity contribution in [1.82, 2.24) is 19.9 Å². The standard InChI is InChI=1S/C22H24N4O2/c1-28-20-7-3-2-5-17(20)14-26-12-4-6-18(15-26)22-24-19(13-21(27)25-22)16-8-10-23-11-9-16/h2-3,5,7-11,13,18H,4,6,12,14-15H2,1H3,(H,24,25,27). The van der Waals surface area contributed by atoms with Gasteiger partial charge in [-0.15, -0.1) is 0 Å². The monoisotopic (exact) mass is 376 g/mol. The van der Waals surface area contributed by atoms with Gasteiger partial charge in [-0.3, -0.25) is 14.7 Å². The molecule has 6 heteroatoms. The van der Waals surface area contributed by atoms with Gasteiger partial charge in [0.25, 0.3) is 5.56 Å². The minimum absolute atomic E-state index is 0.112. The number of benzene rings is 1. The normalized spacial score (nSPS) is 17.4. The van der Waals surface area contributed by atoms with Gasteiger partial charge in [0, 0.05) is 48.6 Å². The zero-order valence-electron chi connectivity index (χ0n) is 16.0. The molecule has 1 fully saturated rings. The lowest BCUT2D eigenvalue weighted by atomic mass is 9.96. The second-order valence-electron chi connectivity index (χ2n) is 7.14. The minimum atomic E-state index is -0.112. The van der Waals surface area contributed by atoms with Gasteiger partial charge in [0.2, 0.25) is 0 Å². The Morgan fingerprint density at radius 1 is 1.21 bits per heavy atom. The number of ether oxygens (including phenoxy) is 1. The second-order valence-corrected chi connectivity index (χ2v) is 7.14. The Hall–Kier alpha value is -2.99. The maximum absolute atomic E-state index is 12.2. The van der Waals surface area contributed by atoms with Crippen LogP contribution in [0.3, 0.4) is 0 Å². The zero-order valence-corrected chi connectivity index (χ0v) is 16.0. The summed E-state index contributed by atoms with van der Waals surface area (Å²) < 4.78 is 5.49. The molecule has 6 nitrogen and oxygen atoms in total. The molecule has 3 heterocycles. The Labute approximate surface area is 164 Å². The van der Waals surface area contributed by atoms with Crippen molar-refractivity contribution in [2.24, 2.45) is 0 Å². The molecule has 144 valence electrons.